The Morgan fingerprint density at radius 1 is 1.14 bits per heavy atom. The Kier molecular flexibility index (Phi) is 8.23. The molecule has 1 unspecified atom stereocenters. The molecule has 1 amide bonds. The number of anilines is 1. The van der Waals surface area contributed by atoms with E-state index in [4.69, 9.17) is 9.72 Å². The minimum absolute atomic E-state index is 0.0624. The topological polar surface area (TPSA) is 127 Å². The molecule has 2 aliphatic heterocycles. The quantitative estimate of drug-likeness (QED) is 0.220. The molecule has 10 heteroatoms. The monoisotopic (exact) mass is 584 g/mol. The maximum atomic E-state index is 13.4. The average Bonchev–Trinajstić information content (AvgIpc) is 3.54. The SMILES string of the molecule is CCCN1CCC(N2Cc3cc4[nH]c(-c5c(NCC(O)COc6ccc(C)cc6C)cc[nH]c5=O)nc4cc3C2=O)CC1. The number of aromatic nitrogens is 3. The molecule has 1 atom stereocenters. The zero-order chi connectivity index (χ0) is 30.1. The smallest absolute Gasteiger partial charge is 0.261 e. The number of aromatic amines is 2. The highest BCUT2D eigenvalue weighted by molar-refractivity contribution is 6.02. The Bertz CT molecular complexity index is 1690. The van der Waals surface area contributed by atoms with Crippen LogP contribution in [0.1, 0.15) is 53.2 Å². The fraction of sp³-hybridized carbons (Fsp3) is 0.424. The van der Waals surface area contributed by atoms with Crippen LogP contribution in [0.4, 0.5) is 5.69 Å². The molecule has 2 aromatic carbocycles. The Labute approximate surface area is 251 Å². The van der Waals surface area contributed by atoms with E-state index in [1.807, 2.05) is 49.1 Å². The van der Waals surface area contributed by atoms with Crippen molar-refractivity contribution in [3.05, 3.63) is 75.2 Å². The van der Waals surface area contributed by atoms with Gasteiger partial charge >= 0.3 is 0 Å². The minimum Gasteiger partial charge on any atom is -0.491 e. The molecule has 43 heavy (non-hydrogen) atoms. The highest BCUT2D eigenvalue weighted by Crippen LogP contribution is 2.33. The van der Waals surface area contributed by atoms with Gasteiger partial charge in [-0.1, -0.05) is 24.6 Å². The van der Waals surface area contributed by atoms with Crippen molar-refractivity contribution in [1.82, 2.24) is 24.8 Å². The molecule has 4 aromatic rings. The summed E-state index contributed by atoms with van der Waals surface area (Å²) in [5.74, 6) is 1.19. The number of nitrogens with zero attached hydrogens (tertiary/aromatic N) is 3. The normalized spacial score (nSPS) is 16.6. The third kappa shape index (κ3) is 6.03. The van der Waals surface area contributed by atoms with Crippen molar-refractivity contribution in [3.8, 4) is 17.1 Å². The number of nitrogens with one attached hydrogen (secondary N) is 3. The predicted octanol–water partition coefficient (Wildman–Crippen LogP) is 4.22. The van der Waals surface area contributed by atoms with Crippen LogP contribution in [0, 0.1) is 13.8 Å². The van der Waals surface area contributed by atoms with E-state index in [0.717, 1.165) is 66.9 Å². The van der Waals surface area contributed by atoms with Crippen molar-refractivity contribution in [2.75, 3.05) is 38.1 Å². The van der Waals surface area contributed by atoms with Crippen molar-refractivity contribution in [1.29, 1.82) is 0 Å². The summed E-state index contributed by atoms with van der Waals surface area (Å²) in [6, 6.07) is 11.7. The first-order valence-electron chi connectivity index (χ1n) is 15.2. The summed E-state index contributed by atoms with van der Waals surface area (Å²) in [6.07, 6.45) is 3.90. The van der Waals surface area contributed by atoms with Crippen LogP contribution in [0.3, 0.4) is 0 Å². The second-order valence-electron chi connectivity index (χ2n) is 11.8. The standard InChI is InChI=1S/C33H40N6O4/c1-4-11-38-12-8-23(9-13-38)39-18-22-15-27-28(16-25(22)33(39)42)37-31(36-27)30-26(7-10-34-32(30)41)35-17-24(40)19-43-29-6-5-20(2)14-21(29)3/h5-7,10,14-16,23-24,40H,4,8-9,11-13,17-19H2,1-3H3,(H,36,37)(H2,34,35,41). The van der Waals surface area contributed by atoms with Gasteiger partial charge in [0.15, 0.2) is 0 Å². The Morgan fingerprint density at radius 3 is 2.72 bits per heavy atom. The van der Waals surface area contributed by atoms with E-state index in [0.29, 0.717) is 34.7 Å². The van der Waals surface area contributed by atoms with Gasteiger partial charge in [0.05, 0.1) is 16.7 Å². The number of hydrogen-bond acceptors (Lipinski definition) is 7. The third-order valence-electron chi connectivity index (χ3n) is 8.56. The van der Waals surface area contributed by atoms with E-state index in [2.05, 4.69) is 27.1 Å². The van der Waals surface area contributed by atoms with Gasteiger partial charge in [-0.25, -0.2) is 4.98 Å². The minimum atomic E-state index is -0.806. The fourth-order valence-corrected chi connectivity index (χ4v) is 6.32. The molecule has 0 radical (unpaired) electrons. The number of aliphatic hydroxyl groups is 1. The molecule has 4 heterocycles. The van der Waals surface area contributed by atoms with Gasteiger partial charge in [-0.3, -0.25) is 9.59 Å². The maximum absolute atomic E-state index is 13.4. The van der Waals surface area contributed by atoms with Crippen LogP contribution in [-0.2, 0) is 6.54 Å². The Morgan fingerprint density at radius 2 is 1.95 bits per heavy atom. The highest BCUT2D eigenvalue weighted by atomic mass is 16.5. The zero-order valence-corrected chi connectivity index (χ0v) is 25.1. The Hall–Kier alpha value is -4.15. The lowest BCUT2D eigenvalue weighted by molar-refractivity contribution is 0.0597. The first-order valence-corrected chi connectivity index (χ1v) is 15.2. The van der Waals surface area contributed by atoms with Gasteiger partial charge in [0.2, 0.25) is 0 Å². The number of amides is 1. The van der Waals surface area contributed by atoms with Gasteiger partial charge in [-0.05, 0) is 75.0 Å². The van der Waals surface area contributed by atoms with Gasteiger partial charge in [0.25, 0.3) is 11.5 Å². The number of carbonyl (C=O) groups excluding carboxylic acids is 1. The van der Waals surface area contributed by atoms with E-state index in [-0.39, 0.29) is 30.7 Å². The second-order valence-corrected chi connectivity index (χ2v) is 11.8. The molecule has 0 aliphatic carbocycles. The molecule has 4 N–H and O–H groups in total. The van der Waals surface area contributed by atoms with Crippen molar-refractivity contribution >= 4 is 22.6 Å². The van der Waals surface area contributed by atoms with Crippen LogP contribution in [0.5, 0.6) is 5.75 Å². The van der Waals surface area contributed by atoms with Gasteiger partial charge in [-0.15, -0.1) is 0 Å². The number of likely N-dealkylation sites (tertiary alicyclic amines) is 1. The summed E-state index contributed by atoms with van der Waals surface area (Å²) >= 11 is 0. The number of aryl methyl sites for hydroxylation is 2. The highest BCUT2D eigenvalue weighted by Gasteiger charge is 2.35. The van der Waals surface area contributed by atoms with Crippen LogP contribution in [0.15, 0.2) is 47.4 Å². The lowest BCUT2D eigenvalue weighted by Crippen LogP contribution is -2.45. The summed E-state index contributed by atoms with van der Waals surface area (Å²) in [5.41, 5.74) is 5.81. The molecule has 226 valence electrons. The maximum Gasteiger partial charge on any atom is 0.261 e. The second kappa shape index (κ2) is 12.2. The van der Waals surface area contributed by atoms with Crippen molar-refractivity contribution in [3.63, 3.8) is 0 Å². The van der Waals surface area contributed by atoms with Crippen LogP contribution in [-0.4, -0.2) is 80.7 Å². The van der Waals surface area contributed by atoms with Gasteiger partial charge in [0.1, 0.15) is 29.8 Å². The number of hydrogen-bond donors (Lipinski definition) is 4. The summed E-state index contributed by atoms with van der Waals surface area (Å²) < 4.78 is 5.82. The molecule has 1 fully saturated rings. The molecular weight excluding hydrogens is 544 g/mol. The lowest BCUT2D eigenvalue weighted by Gasteiger charge is -2.36. The summed E-state index contributed by atoms with van der Waals surface area (Å²) in [7, 11) is 0. The summed E-state index contributed by atoms with van der Waals surface area (Å²) in [6.45, 7) is 10.3. The van der Waals surface area contributed by atoms with Crippen LogP contribution >= 0.6 is 0 Å². The number of fused-ring (bicyclic) bond motifs is 2. The number of aliphatic hydroxyl groups excluding tert-OH is 1. The molecule has 6 rings (SSSR count). The molecule has 10 nitrogen and oxygen atoms in total. The number of ether oxygens (including phenoxy) is 1. The summed E-state index contributed by atoms with van der Waals surface area (Å²) in [5, 5.41) is 13.8. The van der Waals surface area contributed by atoms with E-state index in [9.17, 15) is 14.7 Å². The molecule has 1 saturated heterocycles. The van der Waals surface area contributed by atoms with Gasteiger partial charge < -0.3 is 34.9 Å². The number of rotatable bonds is 10. The summed E-state index contributed by atoms with van der Waals surface area (Å²) in [4.78, 5) is 41.7. The van der Waals surface area contributed by atoms with Crippen LogP contribution in [0.25, 0.3) is 22.4 Å². The number of carbonyl (C=O) groups is 1. The van der Waals surface area contributed by atoms with E-state index in [1.54, 1.807) is 12.3 Å². The van der Waals surface area contributed by atoms with Crippen molar-refractivity contribution in [2.24, 2.45) is 0 Å². The number of piperidine rings is 1. The fourth-order valence-electron chi connectivity index (χ4n) is 6.32. The van der Waals surface area contributed by atoms with Crippen LogP contribution < -0.4 is 15.6 Å². The third-order valence-corrected chi connectivity index (χ3v) is 8.56. The van der Waals surface area contributed by atoms with E-state index < -0.39 is 6.10 Å². The van der Waals surface area contributed by atoms with Crippen molar-refractivity contribution < 1.29 is 14.6 Å². The molecule has 2 aliphatic rings. The first kappa shape index (κ1) is 28.9. The number of benzene rings is 2. The number of H-pyrrole nitrogens is 2. The van der Waals surface area contributed by atoms with Gasteiger partial charge in [0, 0.05) is 44.0 Å². The number of imidazole rings is 1. The Balaban J connectivity index is 1.15. The predicted molar refractivity (Wildman–Crippen MR) is 168 cm³/mol. The van der Waals surface area contributed by atoms with Crippen LogP contribution in [0.2, 0.25) is 0 Å². The molecule has 0 bridgehead atoms. The van der Waals surface area contributed by atoms with Crippen molar-refractivity contribution in [2.45, 2.75) is 58.7 Å². The molecule has 0 spiro atoms. The molecule has 0 saturated carbocycles. The van der Waals surface area contributed by atoms with E-state index in [1.165, 1.54) is 0 Å². The first-order chi connectivity index (χ1) is 20.8. The largest absolute Gasteiger partial charge is 0.491 e. The molecule has 2 aromatic heterocycles. The molecular formula is C33H40N6O4. The van der Waals surface area contributed by atoms with Gasteiger partial charge in [-0.2, -0.15) is 0 Å². The van der Waals surface area contributed by atoms with E-state index >= 15 is 0 Å². The number of pyridine rings is 1. The zero-order valence-electron chi connectivity index (χ0n) is 25.1. The average molecular weight is 585 g/mol. The lowest BCUT2D eigenvalue weighted by atomic mass is 10.0.